The van der Waals surface area contributed by atoms with Crippen LogP contribution in [0.1, 0.15) is 15.9 Å². The zero-order valence-electron chi connectivity index (χ0n) is 19.3. The fourth-order valence-electron chi connectivity index (χ4n) is 4.21. The summed E-state index contributed by atoms with van der Waals surface area (Å²) >= 11 is 0. The predicted molar refractivity (Wildman–Crippen MR) is 127 cm³/mol. The van der Waals surface area contributed by atoms with Gasteiger partial charge in [-0.25, -0.2) is 9.37 Å². The number of aromatic nitrogens is 3. The largest absolute Gasteiger partial charge is 0.378 e. The number of fused-ring (bicyclic) bond motifs is 1. The van der Waals surface area contributed by atoms with Crippen molar-refractivity contribution in [1.82, 2.24) is 24.6 Å². The normalized spacial score (nSPS) is 15.7. The van der Waals surface area contributed by atoms with E-state index in [0.29, 0.717) is 55.6 Å². The summed E-state index contributed by atoms with van der Waals surface area (Å²) in [6.45, 7) is 3.01. The zero-order valence-corrected chi connectivity index (χ0v) is 19.3. The second kappa shape index (κ2) is 9.71. The van der Waals surface area contributed by atoms with E-state index in [1.54, 1.807) is 40.0 Å². The smallest absolute Gasteiger partial charge is 0.255 e. The summed E-state index contributed by atoms with van der Waals surface area (Å²) < 4.78 is 21.4. The number of morpholine rings is 1. The summed E-state index contributed by atoms with van der Waals surface area (Å²) in [4.78, 5) is 32.7. The molecule has 2 aliphatic rings. The molecule has 0 spiro atoms. The first kappa shape index (κ1) is 22.8. The lowest BCUT2D eigenvalue weighted by Crippen LogP contribution is -2.42. The number of carbonyl (C=O) groups is 2. The first-order valence-corrected chi connectivity index (χ1v) is 11.4. The highest BCUT2D eigenvalue weighted by molar-refractivity contribution is 6.02. The Kier molecular flexibility index (Phi) is 6.32. The second-order valence-electron chi connectivity index (χ2n) is 8.54. The van der Waals surface area contributed by atoms with Crippen molar-refractivity contribution in [3.63, 3.8) is 0 Å². The van der Waals surface area contributed by atoms with Gasteiger partial charge in [0.05, 0.1) is 48.2 Å². The molecule has 5 rings (SSSR count). The number of nitrogens with zero attached hydrogens (tertiary/aromatic N) is 5. The van der Waals surface area contributed by atoms with Crippen LogP contribution in [-0.4, -0.2) is 76.3 Å². The van der Waals surface area contributed by atoms with Crippen LogP contribution < -0.4 is 10.6 Å². The average molecular weight is 480 g/mol. The summed E-state index contributed by atoms with van der Waals surface area (Å²) in [5, 5.41) is 10.4. The first-order chi connectivity index (χ1) is 17.0. The minimum Gasteiger partial charge on any atom is -0.378 e. The lowest BCUT2D eigenvalue weighted by atomic mass is 9.97. The number of carbonyl (C=O) groups excluding carboxylic acids is 2. The van der Waals surface area contributed by atoms with Crippen LogP contribution in [-0.2, 0) is 22.5 Å². The van der Waals surface area contributed by atoms with E-state index >= 15 is 0 Å². The maximum absolute atomic E-state index is 14.6. The lowest BCUT2D eigenvalue weighted by molar-refractivity contribution is -0.136. The summed E-state index contributed by atoms with van der Waals surface area (Å²) in [6.07, 6.45) is 5.13. The molecule has 0 radical (unpaired) electrons. The van der Waals surface area contributed by atoms with Crippen molar-refractivity contribution in [1.29, 1.82) is 0 Å². The quantitative estimate of drug-likeness (QED) is 0.559. The Morgan fingerprint density at radius 2 is 1.97 bits per heavy atom. The number of nitrogens with one attached hydrogen (secondary N) is 2. The van der Waals surface area contributed by atoms with Gasteiger partial charge >= 0.3 is 0 Å². The Hall–Kier alpha value is -3.99. The summed E-state index contributed by atoms with van der Waals surface area (Å²) in [5.41, 5.74) is 2.83. The van der Waals surface area contributed by atoms with Gasteiger partial charge < -0.3 is 25.2 Å². The highest BCUT2D eigenvalue weighted by Crippen LogP contribution is 2.30. The van der Waals surface area contributed by atoms with Gasteiger partial charge in [0.1, 0.15) is 12.4 Å². The molecule has 10 nitrogen and oxygen atoms in total. The number of hydrogen-bond acceptors (Lipinski definition) is 7. The Labute approximate surface area is 201 Å². The fraction of sp³-hybridized carbons (Fsp3) is 0.333. The Balaban J connectivity index is 1.30. The number of ether oxygens (including phenoxy) is 1. The molecular weight excluding hydrogens is 453 g/mol. The summed E-state index contributed by atoms with van der Waals surface area (Å²) in [6, 6.07) is 7.06. The van der Waals surface area contributed by atoms with Crippen molar-refractivity contribution in [3.05, 3.63) is 59.8 Å². The molecule has 1 fully saturated rings. The van der Waals surface area contributed by atoms with Gasteiger partial charge in [-0.3, -0.25) is 14.3 Å². The summed E-state index contributed by atoms with van der Waals surface area (Å²) in [5.74, 6) is -0.278. The number of amides is 2. The molecule has 2 N–H and O–H groups in total. The number of likely N-dealkylation sites (N-methyl/N-ethyl adjacent to an activating group) is 1. The number of hydrogen-bond donors (Lipinski definition) is 2. The molecule has 1 aromatic carbocycles. The van der Waals surface area contributed by atoms with Gasteiger partial charge in [-0.05, 0) is 18.1 Å². The van der Waals surface area contributed by atoms with Crippen molar-refractivity contribution >= 4 is 34.7 Å². The first-order valence-electron chi connectivity index (χ1n) is 11.4. The van der Waals surface area contributed by atoms with Gasteiger partial charge in [0.25, 0.3) is 5.91 Å². The van der Waals surface area contributed by atoms with E-state index in [1.165, 1.54) is 6.07 Å². The molecule has 2 aliphatic heterocycles. The maximum atomic E-state index is 14.6. The lowest BCUT2D eigenvalue weighted by Gasteiger charge is -2.27. The van der Waals surface area contributed by atoms with Crippen LogP contribution in [0.15, 0.2) is 42.9 Å². The van der Waals surface area contributed by atoms with Crippen molar-refractivity contribution < 1.29 is 18.7 Å². The Bertz CT molecular complexity index is 1260. The molecule has 0 saturated carbocycles. The second-order valence-corrected chi connectivity index (χ2v) is 8.54. The third-order valence-corrected chi connectivity index (χ3v) is 6.12. The molecule has 2 aromatic heterocycles. The summed E-state index contributed by atoms with van der Waals surface area (Å²) in [7, 11) is 1.76. The van der Waals surface area contributed by atoms with Gasteiger partial charge in [-0.1, -0.05) is 12.1 Å². The number of pyridine rings is 1. The molecule has 0 atom stereocenters. The van der Waals surface area contributed by atoms with E-state index < -0.39 is 5.82 Å². The van der Waals surface area contributed by atoms with Gasteiger partial charge in [0.2, 0.25) is 5.91 Å². The highest BCUT2D eigenvalue weighted by Gasteiger charge is 2.25. The number of anilines is 4. The molecule has 35 heavy (non-hydrogen) atoms. The van der Waals surface area contributed by atoms with Crippen LogP contribution in [0.4, 0.5) is 27.3 Å². The minimum atomic E-state index is -0.545. The molecule has 4 heterocycles. The van der Waals surface area contributed by atoms with E-state index in [4.69, 9.17) is 4.74 Å². The highest BCUT2D eigenvalue weighted by atomic mass is 19.1. The zero-order chi connectivity index (χ0) is 24.4. The van der Waals surface area contributed by atoms with Crippen LogP contribution in [0, 0.1) is 5.82 Å². The minimum absolute atomic E-state index is 0.0271. The van der Waals surface area contributed by atoms with E-state index in [9.17, 15) is 14.0 Å². The van der Waals surface area contributed by atoms with Crippen LogP contribution in [0.3, 0.4) is 0 Å². The van der Waals surface area contributed by atoms with Crippen LogP contribution >= 0.6 is 0 Å². The standard InChI is InChI=1S/C24H26FN7O3/c1-30-6-5-16-3-2-4-19(23(16)24(30)34)29-20-11-21(26-13-18(20)25)28-17-12-27-32(14-17)15-22(33)31-7-9-35-10-8-31/h2-4,11-14H,5-10,15H2,1H3,(H2,26,28,29). The van der Waals surface area contributed by atoms with E-state index in [1.807, 2.05) is 12.1 Å². The van der Waals surface area contributed by atoms with E-state index in [-0.39, 0.29) is 24.0 Å². The predicted octanol–water partition coefficient (Wildman–Crippen LogP) is 2.39. The van der Waals surface area contributed by atoms with Gasteiger partial charge in [0.15, 0.2) is 5.82 Å². The fourth-order valence-corrected chi connectivity index (χ4v) is 4.21. The average Bonchev–Trinajstić information content (AvgIpc) is 3.30. The molecular formula is C24H26FN7O3. The third kappa shape index (κ3) is 4.94. The van der Waals surface area contributed by atoms with Crippen LogP contribution in [0.25, 0.3) is 0 Å². The molecule has 182 valence electrons. The Morgan fingerprint density at radius 1 is 1.14 bits per heavy atom. The molecule has 3 aromatic rings. The van der Waals surface area contributed by atoms with Crippen molar-refractivity contribution in [2.45, 2.75) is 13.0 Å². The van der Waals surface area contributed by atoms with Gasteiger partial charge in [-0.15, -0.1) is 0 Å². The molecule has 0 unspecified atom stereocenters. The van der Waals surface area contributed by atoms with Crippen LogP contribution in [0.2, 0.25) is 0 Å². The van der Waals surface area contributed by atoms with Gasteiger partial charge in [0, 0.05) is 38.9 Å². The van der Waals surface area contributed by atoms with E-state index in [0.717, 1.165) is 18.2 Å². The molecule has 0 bridgehead atoms. The topological polar surface area (TPSA) is 105 Å². The SMILES string of the molecule is CN1CCc2cccc(Nc3cc(Nc4cnn(CC(=O)N5CCOCC5)c4)ncc3F)c2C1=O. The van der Waals surface area contributed by atoms with Crippen molar-refractivity contribution in [2.24, 2.45) is 0 Å². The number of benzene rings is 1. The number of rotatable bonds is 6. The molecule has 1 saturated heterocycles. The third-order valence-electron chi connectivity index (χ3n) is 6.12. The molecule has 11 heteroatoms. The van der Waals surface area contributed by atoms with E-state index in [2.05, 4.69) is 20.7 Å². The van der Waals surface area contributed by atoms with Crippen molar-refractivity contribution in [2.75, 3.05) is 50.5 Å². The Morgan fingerprint density at radius 3 is 2.80 bits per heavy atom. The maximum Gasteiger partial charge on any atom is 0.255 e. The van der Waals surface area contributed by atoms with Crippen LogP contribution in [0.5, 0.6) is 0 Å². The molecule has 2 amide bonds. The van der Waals surface area contributed by atoms with Crippen molar-refractivity contribution in [3.8, 4) is 0 Å². The molecule has 0 aliphatic carbocycles. The number of halogens is 1. The van der Waals surface area contributed by atoms with Gasteiger partial charge in [-0.2, -0.15) is 5.10 Å². The monoisotopic (exact) mass is 479 g/mol.